The molecule has 0 aliphatic heterocycles. The minimum Gasteiger partial charge on any atom is -0.0848 e. The van der Waals surface area contributed by atoms with Crippen molar-refractivity contribution in [1.82, 2.24) is 0 Å². The monoisotopic (exact) mass is 328 g/mol. The molecule has 4 bridgehead atoms. The van der Waals surface area contributed by atoms with Crippen LogP contribution in [0, 0.1) is 59.2 Å². The van der Waals surface area contributed by atoms with Crippen LogP contribution in [0.2, 0.25) is 0 Å². The van der Waals surface area contributed by atoms with Crippen LogP contribution in [0.25, 0.3) is 0 Å². The Balaban J connectivity index is 1.74. The normalized spacial score (nSPS) is 56.2. The van der Waals surface area contributed by atoms with Gasteiger partial charge in [-0.25, -0.2) is 0 Å². The summed E-state index contributed by atoms with van der Waals surface area (Å²) in [6.07, 6.45) is 17.5. The molecule has 10 unspecified atom stereocenters. The van der Waals surface area contributed by atoms with Crippen molar-refractivity contribution in [2.75, 3.05) is 0 Å². The number of allylic oxidation sites excluding steroid dienone is 2. The zero-order valence-electron chi connectivity index (χ0n) is 16.6. The van der Waals surface area contributed by atoms with Gasteiger partial charge in [0.1, 0.15) is 0 Å². The highest BCUT2D eigenvalue weighted by Gasteiger charge is 2.46. The average molecular weight is 329 g/mol. The fourth-order valence-corrected chi connectivity index (χ4v) is 7.72. The molecule has 10 atom stereocenters. The summed E-state index contributed by atoms with van der Waals surface area (Å²) in [5.74, 6) is 9.57. The minimum atomic E-state index is 0.863. The molecule has 4 aliphatic rings. The smallest absolute Gasteiger partial charge is 0.0202 e. The SMILES string of the molecule is CC1CC2/C=C\C3CC(C)CC(C3C)C3CCCCC3C(C1)C2C. The number of fused-ring (bicyclic) bond motifs is 7. The van der Waals surface area contributed by atoms with Gasteiger partial charge in [-0.1, -0.05) is 52.7 Å². The Bertz CT molecular complexity index is 421. The van der Waals surface area contributed by atoms with Crippen LogP contribution in [0.4, 0.5) is 0 Å². The topological polar surface area (TPSA) is 0 Å². The quantitative estimate of drug-likeness (QED) is 0.422. The Labute approximate surface area is 150 Å². The molecule has 0 spiro atoms. The van der Waals surface area contributed by atoms with E-state index in [1.165, 1.54) is 38.5 Å². The Morgan fingerprint density at radius 2 is 0.958 bits per heavy atom. The second-order valence-corrected chi connectivity index (χ2v) is 10.5. The highest BCUT2D eigenvalue weighted by molar-refractivity contribution is 5.06. The number of hydrogen-bond acceptors (Lipinski definition) is 0. The summed E-state index contributed by atoms with van der Waals surface area (Å²) in [4.78, 5) is 0. The Morgan fingerprint density at radius 1 is 0.542 bits per heavy atom. The molecule has 136 valence electrons. The van der Waals surface area contributed by atoms with E-state index in [4.69, 9.17) is 0 Å². The zero-order valence-corrected chi connectivity index (χ0v) is 16.6. The van der Waals surface area contributed by atoms with Crippen LogP contribution in [0.3, 0.4) is 0 Å². The van der Waals surface area contributed by atoms with Gasteiger partial charge in [-0.15, -0.1) is 0 Å². The molecule has 0 aromatic rings. The van der Waals surface area contributed by atoms with Crippen molar-refractivity contribution in [2.45, 2.75) is 79.1 Å². The molecule has 4 aliphatic carbocycles. The molecule has 24 heavy (non-hydrogen) atoms. The van der Waals surface area contributed by atoms with Gasteiger partial charge in [0, 0.05) is 0 Å². The minimum absolute atomic E-state index is 0.863. The Morgan fingerprint density at radius 3 is 1.38 bits per heavy atom. The van der Waals surface area contributed by atoms with Gasteiger partial charge in [0.15, 0.2) is 0 Å². The molecule has 0 saturated heterocycles. The van der Waals surface area contributed by atoms with E-state index in [2.05, 4.69) is 39.8 Å². The molecule has 0 radical (unpaired) electrons. The standard InChI is InChI=1S/C24H40/c1-15-11-19-9-10-20-12-16(2)14-24(18(20)4)22-8-6-5-7-21(22)23(13-15)17(19)3/h9-10,15-24H,5-8,11-14H2,1-4H3/b10-9-. The fraction of sp³-hybridized carbons (Fsp3) is 0.917. The molecule has 3 fully saturated rings. The number of rotatable bonds is 0. The van der Waals surface area contributed by atoms with Crippen LogP contribution in [0.15, 0.2) is 12.2 Å². The molecule has 0 aromatic carbocycles. The van der Waals surface area contributed by atoms with Crippen LogP contribution in [0.5, 0.6) is 0 Å². The maximum Gasteiger partial charge on any atom is -0.0202 e. The molecule has 0 N–H and O–H groups in total. The van der Waals surface area contributed by atoms with Crippen LogP contribution in [-0.4, -0.2) is 0 Å². The van der Waals surface area contributed by atoms with E-state index in [1.807, 2.05) is 0 Å². The second-order valence-electron chi connectivity index (χ2n) is 10.5. The van der Waals surface area contributed by atoms with Gasteiger partial charge < -0.3 is 0 Å². The van der Waals surface area contributed by atoms with E-state index < -0.39 is 0 Å². The molecule has 3 saturated carbocycles. The van der Waals surface area contributed by atoms with Gasteiger partial charge in [-0.2, -0.15) is 0 Å². The number of hydrogen-bond donors (Lipinski definition) is 0. The van der Waals surface area contributed by atoms with Gasteiger partial charge in [0.05, 0.1) is 0 Å². The second kappa shape index (κ2) is 6.81. The molecule has 0 heteroatoms. The van der Waals surface area contributed by atoms with Gasteiger partial charge in [-0.05, 0) is 97.7 Å². The van der Waals surface area contributed by atoms with E-state index in [0.717, 1.165) is 59.2 Å². The lowest BCUT2D eigenvalue weighted by Gasteiger charge is -2.52. The van der Waals surface area contributed by atoms with Gasteiger partial charge in [-0.3, -0.25) is 0 Å². The lowest BCUT2D eigenvalue weighted by atomic mass is 9.53. The summed E-state index contributed by atoms with van der Waals surface area (Å²) in [7, 11) is 0. The molecule has 0 amide bonds. The maximum absolute atomic E-state index is 2.70. The lowest BCUT2D eigenvalue weighted by molar-refractivity contribution is -0.0153. The van der Waals surface area contributed by atoms with Crippen LogP contribution < -0.4 is 0 Å². The predicted molar refractivity (Wildman–Crippen MR) is 104 cm³/mol. The lowest BCUT2D eigenvalue weighted by Crippen LogP contribution is -2.44. The van der Waals surface area contributed by atoms with E-state index >= 15 is 0 Å². The van der Waals surface area contributed by atoms with E-state index in [1.54, 1.807) is 12.8 Å². The summed E-state index contributed by atoms with van der Waals surface area (Å²) in [6, 6.07) is 0. The van der Waals surface area contributed by atoms with E-state index in [-0.39, 0.29) is 0 Å². The van der Waals surface area contributed by atoms with E-state index in [0.29, 0.717) is 0 Å². The summed E-state index contributed by atoms with van der Waals surface area (Å²) >= 11 is 0. The third-order valence-electron chi connectivity index (χ3n) is 8.98. The molecule has 0 nitrogen and oxygen atoms in total. The first-order chi connectivity index (χ1) is 11.5. The third kappa shape index (κ3) is 3.01. The molecule has 0 heterocycles. The van der Waals surface area contributed by atoms with Crippen molar-refractivity contribution in [1.29, 1.82) is 0 Å². The summed E-state index contributed by atoms with van der Waals surface area (Å²) in [5.41, 5.74) is 0. The average Bonchev–Trinajstić information content (AvgIpc) is 2.57. The largest absolute Gasteiger partial charge is 0.0848 e. The summed E-state index contributed by atoms with van der Waals surface area (Å²) in [6.45, 7) is 10.3. The van der Waals surface area contributed by atoms with Gasteiger partial charge in [0.2, 0.25) is 0 Å². The van der Waals surface area contributed by atoms with Crippen molar-refractivity contribution < 1.29 is 0 Å². The Kier molecular flexibility index (Phi) is 4.87. The molecule has 0 aromatic heterocycles. The van der Waals surface area contributed by atoms with Crippen molar-refractivity contribution in [2.24, 2.45) is 59.2 Å². The fourth-order valence-electron chi connectivity index (χ4n) is 7.72. The van der Waals surface area contributed by atoms with Crippen LogP contribution >= 0.6 is 0 Å². The zero-order chi connectivity index (χ0) is 16.8. The highest BCUT2D eigenvalue weighted by atomic mass is 14.5. The maximum atomic E-state index is 2.70. The summed E-state index contributed by atoms with van der Waals surface area (Å²) < 4.78 is 0. The Hall–Kier alpha value is -0.260. The van der Waals surface area contributed by atoms with Crippen LogP contribution in [0.1, 0.15) is 79.1 Å². The van der Waals surface area contributed by atoms with E-state index in [9.17, 15) is 0 Å². The molecular weight excluding hydrogens is 288 g/mol. The van der Waals surface area contributed by atoms with Crippen molar-refractivity contribution in [3.63, 3.8) is 0 Å². The van der Waals surface area contributed by atoms with Crippen LogP contribution in [-0.2, 0) is 0 Å². The van der Waals surface area contributed by atoms with Gasteiger partial charge in [0.25, 0.3) is 0 Å². The first kappa shape index (κ1) is 17.2. The highest BCUT2D eigenvalue weighted by Crippen LogP contribution is 2.55. The van der Waals surface area contributed by atoms with Crippen molar-refractivity contribution in [3.05, 3.63) is 12.2 Å². The van der Waals surface area contributed by atoms with Gasteiger partial charge >= 0.3 is 0 Å². The third-order valence-corrected chi connectivity index (χ3v) is 8.98. The van der Waals surface area contributed by atoms with Crippen molar-refractivity contribution in [3.8, 4) is 0 Å². The predicted octanol–water partition coefficient (Wildman–Crippen LogP) is 6.96. The van der Waals surface area contributed by atoms with Crippen molar-refractivity contribution >= 4 is 0 Å². The first-order valence-electron chi connectivity index (χ1n) is 11.2. The summed E-state index contributed by atoms with van der Waals surface area (Å²) in [5, 5.41) is 0. The molecular formula is C24H40. The molecule has 4 rings (SSSR count). The first-order valence-corrected chi connectivity index (χ1v) is 11.2.